The third-order valence-corrected chi connectivity index (χ3v) is 2.48. The predicted molar refractivity (Wildman–Crippen MR) is 62.8 cm³/mol. The Morgan fingerprint density at radius 3 is 2.24 bits per heavy atom. The average molecular weight is 235 g/mol. The molecule has 2 aromatic carbocycles. The van der Waals surface area contributed by atoms with E-state index in [1.165, 1.54) is 19.2 Å². The molecule has 0 aromatic heterocycles. The minimum absolute atomic E-state index is 0.424. The fourth-order valence-corrected chi connectivity index (χ4v) is 1.55. The van der Waals surface area contributed by atoms with Crippen molar-refractivity contribution in [2.24, 2.45) is 0 Å². The summed E-state index contributed by atoms with van der Waals surface area (Å²) in [5.41, 5.74) is 5.84. The smallest absolute Gasteiger partial charge is 0.149 e. The Kier molecular flexibility index (Phi) is 2.95. The standard InChI is InChI=1S/C13H11F2NO/c1-17-10-4-2-3-8(5-10)9-6-11(14)13(16)12(15)7-9/h2-7H,16H2,1H3. The van der Waals surface area contributed by atoms with E-state index >= 15 is 0 Å². The molecular weight excluding hydrogens is 224 g/mol. The summed E-state index contributed by atoms with van der Waals surface area (Å²) in [7, 11) is 1.53. The number of benzene rings is 2. The van der Waals surface area contributed by atoms with E-state index in [2.05, 4.69) is 0 Å². The molecule has 0 spiro atoms. The van der Waals surface area contributed by atoms with Crippen LogP contribution in [-0.2, 0) is 0 Å². The fraction of sp³-hybridized carbons (Fsp3) is 0.0769. The van der Waals surface area contributed by atoms with Crippen molar-refractivity contribution in [1.82, 2.24) is 0 Å². The number of anilines is 1. The van der Waals surface area contributed by atoms with Crippen LogP contribution in [0.25, 0.3) is 11.1 Å². The molecule has 0 atom stereocenters. The highest BCUT2D eigenvalue weighted by molar-refractivity contribution is 5.67. The van der Waals surface area contributed by atoms with Gasteiger partial charge in [-0.3, -0.25) is 0 Å². The minimum Gasteiger partial charge on any atom is -0.497 e. The fourth-order valence-electron chi connectivity index (χ4n) is 1.55. The molecule has 4 heteroatoms. The van der Waals surface area contributed by atoms with Gasteiger partial charge in [-0.25, -0.2) is 8.78 Å². The Labute approximate surface area is 97.6 Å². The van der Waals surface area contributed by atoms with Crippen LogP contribution in [0.2, 0.25) is 0 Å². The van der Waals surface area contributed by atoms with Crippen LogP contribution in [0.5, 0.6) is 5.75 Å². The van der Waals surface area contributed by atoms with Gasteiger partial charge in [-0.1, -0.05) is 12.1 Å². The minimum atomic E-state index is -0.761. The van der Waals surface area contributed by atoms with Gasteiger partial charge in [0.1, 0.15) is 23.1 Å². The molecule has 2 rings (SSSR count). The molecule has 0 heterocycles. The van der Waals surface area contributed by atoms with E-state index in [4.69, 9.17) is 10.5 Å². The lowest BCUT2D eigenvalue weighted by atomic mass is 10.0. The van der Waals surface area contributed by atoms with Gasteiger partial charge in [0.15, 0.2) is 0 Å². The number of ether oxygens (including phenoxy) is 1. The van der Waals surface area contributed by atoms with Gasteiger partial charge in [-0.05, 0) is 35.4 Å². The largest absolute Gasteiger partial charge is 0.497 e. The predicted octanol–water partition coefficient (Wildman–Crippen LogP) is 3.22. The first-order valence-electron chi connectivity index (χ1n) is 5.01. The second-order valence-corrected chi connectivity index (χ2v) is 3.59. The first kappa shape index (κ1) is 11.4. The molecule has 0 amide bonds. The van der Waals surface area contributed by atoms with E-state index in [0.29, 0.717) is 16.9 Å². The zero-order chi connectivity index (χ0) is 12.4. The third kappa shape index (κ3) is 2.20. The van der Waals surface area contributed by atoms with Crippen molar-refractivity contribution >= 4 is 5.69 Å². The lowest BCUT2D eigenvalue weighted by Gasteiger charge is -2.06. The highest BCUT2D eigenvalue weighted by Gasteiger charge is 2.09. The monoisotopic (exact) mass is 235 g/mol. The van der Waals surface area contributed by atoms with Gasteiger partial charge in [-0.15, -0.1) is 0 Å². The van der Waals surface area contributed by atoms with Crippen molar-refractivity contribution in [3.8, 4) is 16.9 Å². The topological polar surface area (TPSA) is 35.2 Å². The van der Waals surface area contributed by atoms with Crippen LogP contribution in [0.15, 0.2) is 36.4 Å². The molecule has 0 saturated heterocycles. The molecule has 2 aromatic rings. The molecule has 0 aliphatic carbocycles. The van der Waals surface area contributed by atoms with Crippen LogP contribution in [0.3, 0.4) is 0 Å². The average Bonchev–Trinajstić information content (AvgIpc) is 2.35. The summed E-state index contributed by atoms with van der Waals surface area (Å²) in [5, 5.41) is 0. The Morgan fingerprint density at radius 2 is 1.65 bits per heavy atom. The van der Waals surface area contributed by atoms with Gasteiger partial charge in [0.25, 0.3) is 0 Å². The Hall–Kier alpha value is -2.10. The lowest BCUT2D eigenvalue weighted by molar-refractivity contribution is 0.415. The number of nitrogen functional groups attached to an aromatic ring is 1. The third-order valence-electron chi connectivity index (χ3n) is 2.48. The maximum atomic E-state index is 13.3. The summed E-state index contributed by atoms with van der Waals surface area (Å²) in [4.78, 5) is 0. The van der Waals surface area contributed by atoms with E-state index in [0.717, 1.165) is 0 Å². The van der Waals surface area contributed by atoms with Crippen LogP contribution in [0.4, 0.5) is 14.5 Å². The summed E-state index contributed by atoms with van der Waals surface area (Å²) in [6, 6.07) is 9.35. The summed E-state index contributed by atoms with van der Waals surface area (Å²) in [5.74, 6) is -0.897. The molecule has 0 aliphatic rings. The molecular formula is C13H11F2NO. The van der Waals surface area contributed by atoms with Gasteiger partial charge < -0.3 is 10.5 Å². The summed E-state index contributed by atoms with van der Waals surface area (Å²) in [6.07, 6.45) is 0. The molecule has 88 valence electrons. The van der Waals surface area contributed by atoms with Crippen LogP contribution >= 0.6 is 0 Å². The molecule has 2 N–H and O–H groups in total. The molecule has 0 unspecified atom stereocenters. The zero-order valence-corrected chi connectivity index (χ0v) is 9.21. The van der Waals surface area contributed by atoms with E-state index in [-0.39, 0.29) is 0 Å². The molecule has 0 radical (unpaired) electrons. The van der Waals surface area contributed by atoms with Crippen molar-refractivity contribution in [3.63, 3.8) is 0 Å². The van der Waals surface area contributed by atoms with Gasteiger partial charge in [0.05, 0.1) is 7.11 Å². The lowest BCUT2D eigenvalue weighted by Crippen LogP contribution is -1.96. The van der Waals surface area contributed by atoms with E-state index < -0.39 is 17.3 Å². The molecule has 0 fully saturated rings. The van der Waals surface area contributed by atoms with Gasteiger partial charge in [0.2, 0.25) is 0 Å². The molecule has 0 bridgehead atoms. The van der Waals surface area contributed by atoms with Gasteiger partial charge in [0, 0.05) is 0 Å². The van der Waals surface area contributed by atoms with E-state index in [9.17, 15) is 8.78 Å². The number of rotatable bonds is 2. The van der Waals surface area contributed by atoms with Crippen molar-refractivity contribution < 1.29 is 13.5 Å². The van der Waals surface area contributed by atoms with Crippen LogP contribution in [0.1, 0.15) is 0 Å². The van der Waals surface area contributed by atoms with Crippen LogP contribution < -0.4 is 10.5 Å². The first-order valence-corrected chi connectivity index (χ1v) is 5.01. The molecule has 2 nitrogen and oxygen atoms in total. The summed E-state index contributed by atoms with van der Waals surface area (Å²) in [6.45, 7) is 0. The molecule has 0 saturated carbocycles. The highest BCUT2D eigenvalue weighted by atomic mass is 19.1. The Balaban J connectivity index is 2.52. The van der Waals surface area contributed by atoms with Crippen molar-refractivity contribution in [2.75, 3.05) is 12.8 Å². The Morgan fingerprint density at radius 1 is 1.00 bits per heavy atom. The van der Waals surface area contributed by atoms with Crippen LogP contribution in [-0.4, -0.2) is 7.11 Å². The maximum Gasteiger partial charge on any atom is 0.149 e. The number of halogens is 2. The first-order chi connectivity index (χ1) is 8.11. The van der Waals surface area contributed by atoms with Gasteiger partial charge >= 0.3 is 0 Å². The second-order valence-electron chi connectivity index (χ2n) is 3.59. The molecule has 17 heavy (non-hydrogen) atoms. The molecule has 0 aliphatic heterocycles. The zero-order valence-electron chi connectivity index (χ0n) is 9.21. The maximum absolute atomic E-state index is 13.3. The highest BCUT2D eigenvalue weighted by Crippen LogP contribution is 2.27. The van der Waals surface area contributed by atoms with Crippen molar-refractivity contribution in [1.29, 1.82) is 0 Å². The van der Waals surface area contributed by atoms with E-state index in [1.54, 1.807) is 24.3 Å². The SMILES string of the molecule is COc1cccc(-c2cc(F)c(N)c(F)c2)c1. The number of nitrogens with two attached hydrogens (primary N) is 1. The normalized spacial score (nSPS) is 10.3. The number of hydrogen-bond acceptors (Lipinski definition) is 2. The summed E-state index contributed by atoms with van der Waals surface area (Å²) >= 11 is 0. The van der Waals surface area contributed by atoms with Crippen LogP contribution in [0, 0.1) is 11.6 Å². The van der Waals surface area contributed by atoms with Crippen molar-refractivity contribution in [3.05, 3.63) is 48.0 Å². The van der Waals surface area contributed by atoms with Gasteiger partial charge in [-0.2, -0.15) is 0 Å². The second kappa shape index (κ2) is 4.41. The van der Waals surface area contributed by atoms with E-state index in [1.807, 2.05) is 0 Å². The quantitative estimate of drug-likeness (QED) is 0.811. The Bertz CT molecular complexity index is 532. The number of hydrogen-bond donors (Lipinski definition) is 1. The summed E-state index contributed by atoms with van der Waals surface area (Å²) < 4.78 is 31.7. The number of methoxy groups -OCH3 is 1. The van der Waals surface area contributed by atoms with Crippen molar-refractivity contribution in [2.45, 2.75) is 0 Å².